The van der Waals surface area contributed by atoms with Crippen molar-refractivity contribution in [2.75, 3.05) is 24.7 Å². The molecule has 0 heterocycles. The quantitative estimate of drug-likeness (QED) is 0.532. The highest BCUT2D eigenvalue weighted by atomic mass is 35.5. The second-order valence-corrected chi connectivity index (χ2v) is 4.91. The molecule has 1 nitrogen and oxygen atoms in total. The summed E-state index contributed by atoms with van der Waals surface area (Å²) < 4.78 is 35.1. The summed E-state index contributed by atoms with van der Waals surface area (Å²) in [6, 6.07) is 0. The van der Waals surface area contributed by atoms with Crippen LogP contribution in [0.15, 0.2) is 0 Å². The van der Waals surface area contributed by atoms with Crippen molar-refractivity contribution in [2.45, 2.75) is 25.3 Å². The number of hydrogen-bond acceptors (Lipinski definition) is 2. The Morgan fingerprint density at radius 3 is 2.53 bits per heavy atom. The van der Waals surface area contributed by atoms with Gasteiger partial charge in [-0.3, -0.25) is 0 Å². The molecule has 0 rings (SSSR count). The molecule has 1 atom stereocenters. The predicted octanol–water partition coefficient (Wildman–Crippen LogP) is 3.48. The van der Waals surface area contributed by atoms with Gasteiger partial charge in [-0.1, -0.05) is 6.92 Å². The molecule has 0 aliphatic carbocycles. The van der Waals surface area contributed by atoms with Gasteiger partial charge in [0.1, 0.15) is 0 Å². The first-order valence-electron chi connectivity index (χ1n) is 4.93. The van der Waals surface area contributed by atoms with Gasteiger partial charge < -0.3 is 5.32 Å². The third-order valence-electron chi connectivity index (χ3n) is 1.86. The summed E-state index contributed by atoms with van der Waals surface area (Å²) in [6.45, 7) is 3.23. The lowest BCUT2D eigenvalue weighted by molar-refractivity contribution is -0.0327. The van der Waals surface area contributed by atoms with Crippen LogP contribution >= 0.6 is 23.4 Å². The third-order valence-corrected chi connectivity index (χ3v) is 3.12. The van der Waals surface area contributed by atoms with Crippen molar-refractivity contribution >= 4 is 23.4 Å². The summed E-state index contributed by atoms with van der Waals surface area (Å²) in [7, 11) is 0. The zero-order valence-corrected chi connectivity index (χ0v) is 10.3. The van der Waals surface area contributed by atoms with Crippen molar-refractivity contribution in [3.63, 3.8) is 0 Å². The van der Waals surface area contributed by atoms with Gasteiger partial charge in [0.2, 0.25) is 0 Å². The first-order valence-corrected chi connectivity index (χ1v) is 6.45. The number of alkyl halides is 4. The molecule has 0 aliphatic rings. The van der Waals surface area contributed by atoms with E-state index in [0.717, 1.165) is 19.4 Å². The molecule has 1 N–H and O–H groups in total. The van der Waals surface area contributed by atoms with E-state index in [9.17, 15) is 13.2 Å². The van der Waals surface area contributed by atoms with E-state index in [-0.39, 0.29) is 17.5 Å². The highest BCUT2D eigenvalue weighted by Gasteiger charge is 2.27. The fourth-order valence-corrected chi connectivity index (χ4v) is 1.65. The van der Waals surface area contributed by atoms with Crippen LogP contribution in [0.3, 0.4) is 0 Å². The molecule has 0 saturated heterocycles. The van der Waals surface area contributed by atoms with Gasteiger partial charge in [-0.2, -0.15) is 13.2 Å². The summed E-state index contributed by atoms with van der Waals surface area (Å²) in [5.74, 6) is 1.20. The Hall–Kier alpha value is 0.390. The lowest BCUT2D eigenvalue weighted by Gasteiger charge is -2.08. The van der Waals surface area contributed by atoms with Crippen molar-refractivity contribution in [1.29, 1.82) is 0 Å². The molecular formula is C9H17ClF3NS. The fraction of sp³-hybridized carbons (Fsp3) is 1.00. The highest BCUT2D eigenvalue weighted by molar-refractivity contribution is 8.00. The second kappa shape index (κ2) is 8.53. The fourth-order valence-electron chi connectivity index (χ4n) is 1.02. The standard InChI is InChI=1S/C9H17ClF3NS/c1-8(7-10)3-2-4-14-5-6-15-9(11,12)13/h8,14H,2-7H2,1H3. The van der Waals surface area contributed by atoms with Crippen LogP contribution in [-0.2, 0) is 0 Å². The Balaban J connectivity index is 3.12. The summed E-state index contributed by atoms with van der Waals surface area (Å²) in [5, 5.41) is 2.97. The minimum Gasteiger partial charge on any atom is -0.316 e. The van der Waals surface area contributed by atoms with Crippen molar-refractivity contribution in [1.82, 2.24) is 5.32 Å². The third kappa shape index (κ3) is 12.3. The maximum Gasteiger partial charge on any atom is 0.441 e. The summed E-state index contributed by atoms with van der Waals surface area (Å²) in [6.07, 6.45) is 1.98. The van der Waals surface area contributed by atoms with Crippen molar-refractivity contribution in [2.24, 2.45) is 5.92 Å². The summed E-state index contributed by atoms with van der Waals surface area (Å²) in [4.78, 5) is 0. The molecule has 0 aromatic heterocycles. The zero-order valence-electron chi connectivity index (χ0n) is 8.74. The first kappa shape index (κ1) is 15.4. The Morgan fingerprint density at radius 1 is 1.33 bits per heavy atom. The molecule has 0 aromatic rings. The van der Waals surface area contributed by atoms with Gasteiger partial charge in [-0.05, 0) is 37.1 Å². The maximum atomic E-state index is 11.7. The van der Waals surface area contributed by atoms with E-state index in [0.29, 0.717) is 18.3 Å². The molecule has 0 amide bonds. The van der Waals surface area contributed by atoms with Gasteiger partial charge in [-0.15, -0.1) is 11.6 Å². The van der Waals surface area contributed by atoms with Crippen molar-refractivity contribution in [3.8, 4) is 0 Å². The normalized spacial score (nSPS) is 14.2. The monoisotopic (exact) mass is 263 g/mol. The van der Waals surface area contributed by atoms with Crippen LogP contribution in [0.25, 0.3) is 0 Å². The number of thioether (sulfide) groups is 1. The molecule has 0 saturated carbocycles. The average molecular weight is 264 g/mol. The van der Waals surface area contributed by atoms with Crippen LogP contribution < -0.4 is 5.32 Å². The van der Waals surface area contributed by atoms with Gasteiger partial charge in [0.05, 0.1) is 0 Å². The van der Waals surface area contributed by atoms with Gasteiger partial charge in [0.15, 0.2) is 0 Å². The highest BCUT2D eigenvalue weighted by Crippen LogP contribution is 2.29. The zero-order chi connectivity index (χ0) is 11.7. The van der Waals surface area contributed by atoms with Crippen LogP contribution in [0.5, 0.6) is 0 Å². The van der Waals surface area contributed by atoms with Crippen LogP contribution in [0.4, 0.5) is 13.2 Å². The Labute approximate surface area is 98.1 Å². The molecular weight excluding hydrogens is 247 g/mol. The molecule has 6 heteroatoms. The number of hydrogen-bond donors (Lipinski definition) is 1. The molecule has 0 aromatic carbocycles. The lowest BCUT2D eigenvalue weighted by atomic mass is 10.1. The van der Waals surface area contributed by atoms with Crippen molar-refractivity contribution < 1.29 is 13.2 Å². The SMILES string of the molecule is CC(CCl)CCCNCCSC(F)(F)F. The molecule has 1 unspecified atom stereocenters. The number of halogens is 4. The Kier molecular flexibility index (Phi) is 8.75. The van der Waals surface area contributed by atoms with E-state index in [4.69, 9.17) is 11.6 Å². The van der Waals surface area contributed by atoms with E-state index in [1.807, 2.05) is 0 Å². The minimum atomic E-state index is -4.10. The van der Waals surface area contributed by atoms with Gasteiger partial charge in [0.25, 0.3) is 0 Å². The molecule has 0 radical (unpaired) electrons. The van der Waals surface area contributed by atoms with E-state index in [2.05, 4.69) is 12.2 Å². The number of rotatable bonds is 8. The Bertz CT molecular complexity index is 155. The largest absolute Gasteiger partial charge is 0.441 e. The van der Waals surface area contributed by atoms with E-state index >= 15 is 0 Å². The summed E-state index contributed by atoms with van der Waals surface area (Å²) >= 11 is 5.63. The topological polar surface area (TPSA) is 12.0 Å². The van der Waals surface area contributed by atoms with Gasteiger partial charge in [-0.25, -0.2) is 0 Å². The smallest absolute Gasteiger partial charge is 0.316 e. The molecule has 92 valence electrons. The lowest BCUT2D eigenvalue weighted by Crippen LogP contribution is -2.20. The van der Waals surface area contributed by atoms with Crippen LogP contribution in [0.2, 0.25) is 0 Å². The summed E-state index contributed by atoms with van der Waals surface area (Å²) in [5.41, 5.74) is -4.10. The van der Waals surface area contributed by atoms with E-state index < -0.39 is 5.51 Å². The average Bonchev–Trinajstić information content (AvgIpc) is 2.14. The number of nitrogens with one attached hydrogen (secondary N) is 1. The molecule has 15 heavy (non-hydrogen) atoms. The van der Waals surface area contributed by atoms with Gasteiger partial charge in [0, 0.05) is 18.2 Å². The molecule has 0 fully saturated rings. The second-order valence-electron chi connectivity index (χ2n) is 3.45. The van der Waals surface area contributed by atoms with Crippen molar-refractivity contribution in [3.05, 3.63) is 0 Å². The van der Waals surface area contributed by atoms with E-state index in [1.165, 1.54) is 0 Å². The van der Waals surface area contributed by atoms with E-state index in [1.54, 1.807) is 0 Å². The Morgan fingerprint density at radius 2 is 2.00 bits per heavy atom. The molecule has 0 spiro atoms. The van der Waals surface area contributed by atoms with Gasteiger partial charge >= 0.3 is 5.51 Å². The van der Waals surface area contributed by atoms with Crippen LogP contribution in [-0.4, -0.2) is 30.2 Å². The van der Waals surface area contributed by atoms with Crippen LogP contribution in [0, 0.1) is 5.92 Å². The maximum absolute atomic E-state index is 11.7. The predicted molar refractivity (Wildman–Crippen MR) is 60.5 cm³/mol. The molecule has 0 bridgehead atoms. The first-order chi connectivity index (χ1) is 6.95. The molecule has 0 aliphatic heterocycles. The minimum absolute atomic E-state index is 0.0188. The van der Waals surface area contributed by atoms with Crippen LogP contribution in [0.1, 0.15) is 19.8 Å².